The fourth-order valence-electron chi connectivity index (χ4n) is 1.89. The van der Waals surface area contributed by atoms with Gasteiger partial charge in [0.2, 0.25) is 5.91 Å². The summed E-state index contributed by atoms with van der Waals surface area (Å²) in [5.74, 6) is -0.680. The third kappa shape index (κ3) is 4.74. The van der Waals surface area contributed by atoms with Crippen LogP contribution in [0.4, 0.5) is 5.69 Å². The minimum Gasteiger partial charge on any atom is -0.465 e. The fourth-order valence-corrected chi connectivity index (χ4v) is 2.88. The van der Waals surface area contributed by atoms with Crippen molar-refractivity contribution in [3.8, 4) is 0 Å². The number of esters is 1. The predicted molar refractivity (Wildman–Crippen MR) is 93.2 cm³/mol. The monoisotopic (exact) mass is 349 g/mol. The SMILES string of the molecule is COC(=O)c1ccccc1NC(=O)[C@H](C)Sc1ccc(Cl)cc1. The molecule has 0 unspecified atom stereocenters. The van der Waals surface area contributed by atoms with Crippen LogP contribution in [0.5, 0.6) is 0 Å². The van der Waals surface area contributed by atoms with Gasteiger partial charge in [0, 0.05) is 9.92 Å². The van der Waals surface area contributed by atoms with Gasteiger partial charge in [0.05, 0.1) is 23.6 Å². The van der Waals surface area contributed by atoms with E-state index < -0.39 is 5.97 Å². The summed E-state index contributed by atoms with van der Waals surface area (Å²) in [6.45, 7) is 1.80. The molecule has 0 saturated carbocycles. The number of para-hydroxylation sites is 1. The molecule has 23 heavy (non-hydrogen) atoms. The van der Waals surface area contributed by atoms with Crippen LogP contribution in [0.3, 0.4) is 0 Å². The summed E-state index contributed by atoms with van der Waals surface area (Å²) in [7, 11) is 1.31. The Morgan fingerprint density at radius 1 is 1.13 bits per heavy atom. The average Bonchev–Trinajstić information content (AvgIpc) is 2.56. The molecule has 120 valence electrons. The maximum atomic E-state index is 12.3. The van der Waals surface area contributed by atoms with E-state index in [0.29, 0.717) is 16.3 Å². The first-order valence-electron chi connectivity index (χ1n) is 6.91. The number of hydrogen-bond acceptors (Lipinski definition) is 4. The largest absolute Gasteiger partial charge is 0.465 e. The Bertz CT molecular complexity index is 703. The van der Waals surface area contributed by atoms with Crippen LogP contribution in [0.25, 0.3) is 0 Å². The summed E-state index contributed by atoms with van der Waals surface area (Å²) in [5, 5.41) is 3.09. The standard InChI is InChI=1S/C17H16ClNO3S/c1-11(23-13-9-7-12(18)8-10-13)16(20)19-15-6-4-3-5-14(15)17(21)22-2/h3-11H,1-2H3,(H,19,20)/t11-/m0/s1. The van der Waals surface area contributed by atoms with Crippen molar-refractivity contribution in [2.45, 2.75) is 17.1 Å². The molecule has 6 heteroatoms. The topological polar surface area (TPSA) is 55.4 Å². The van der Waals surface area contributed by atoms with Crippen LogP contribution >= 0.6 is 23.4 Å². The van der Waals surface area contributed by atoms with Crippen LogP contribution in [-0.4, -0.2) is 24.2 Å². The van der Waals surface area contributed by atoms with Crippen molar-refractivity contribution in [2.75, 3.05) is 12.4 Å². The summed E-state index contributed by atoms with van der Waals surface area (Å²) < 4.78 is 4.72. The Hall–Kier alpha value is -1.98. The van der Waals surface area contributed by atoms with E-state index >= 15 is 0 Å². The van der Waals surface area contributed by atoms with Gasteiger partial charge in [-0.2, -0.15) is 0 Å². The Kier molecular flexibility index (Phi) is 6.07. The predicted octanol–water partition coefficient (Wildman–Crippen LogP) is 4.25. The lowest BCUT2D eigenvalue weighted by Crippen LogP contribution is -2.23. The number of ether oxygens (including phenoxy) is 1. The second-order valence-electron chi connectivity index (χ2n) is 4.74. The molecule has 0 aromatic heterocycles. The number of amides is 1. The van der Waals surface area contributed by atoms with Crippen molar-refractivity contribution >= 4 is 40.9 Å². The quantitative estimate of drug-likeness (QED) is 0.647. The Labute approximate surface area is 144 Å². The normalized spacial score (nSPS) is 11.6. The number of nitrogens with one attached hydrogen (secondary N) is 1. The highest BCUT2D eigenvalue weighted by Crippen LogP contribution is 2.26. The zero-order valence-electron chi connectivity index (χ0n) is 12.7. The zero-order chi connectivity index (χ0) is 16.8. The number of thioether (sulfide) groups is 1. The lowest BCUT2D eigenvalue weighted by atomic mass is 10.2. The highest BCUT2D eigenvalue weighted by Gasteiger charge is 2.18. The maximum absolute atomic E-state index is 12.3. The van der Waals surface area contributed by atoms with Crippen molar-refractivity contribution in [2.24, 2.45) is 0 Å². The van der Waals surface area contributed by atoms with Crippen molar-refractivity contribution in [3.63, 3.8) is 0 Å². The molecule has 1 amide bonds. The number of benzene rings is 2. The molecule has 1 atom stereocenters. The molecular weight excluding hydrogens is 334 g/mol. The molecular formula is C17H16ClNO3S. The number of anilines is 1. The third-order valence-electron chi connectivity index (χ3n) is 3.09. The van der Waals surface area contributed by atoms with Crippen LogP contribution in [-0.2, 0) is 9.53 Å². The van der Waals surface area contributed by atoms with Gasteiger partial charge in [-0.3, -0.25) is 4.79 Å². The summed E-state index contributed by atoms with van der Waals surface area (Å²) in [4.78, 5) is 25.0. The molecule has 0 aliphatic rings. The van der Waals surface area contributed by atoms with Crippen LogP contribution in [0, 0.1) is 0 Å². The summed E-state index contributed by atoms with van der Waals surface area (Å²) >= 11 is 7.26. The molecule has 0 saturated heterocycles. The van der Waals surface area contributed by atoms with E-state index in [-0.39, 0.29) is 11.2 Å². The van der Waals surface area contributed by atoms with Gasteiger partial charge in [-0.15, -0.1) is 11.8 Å². The van der Waals surface area contributed by atoms with E-state index in [0.717, 1.165) is 4.90 Å². The van der Waals surface area contributed by atoms with E-state index in [1.165, 1.54) is 18.9 Å². The molecule has 2 aromatic carbocycles. The van der Waals surface area contributed by atoms with Crippen LogP contribution < -0.4 is 5.32 Å². The Morgan fingerprint density at radius 3 is 2.43 bits per heavy atom. The van der Waals surface area contributed by atoms with Crippen molar-refractivity contribution in [3.05, 3.63) is 59.1 Å². The first-order chi connectivity index (χ1) is 11.0. The highest BCUT2D eigenvalue weighted by atomic mass is 35.5. The van der Waals surface area contributed by atoms with E-state index in [9.17, 15) is 9.59 Å². The summed E-state index contributed by atoms with van der Waals surface area (Å²) in [5.41, 5.74) is 0.764. The highest BCUT2D eigenvalue weighted by molar-refractivity contribution is 8.00. The van der Waals surface area contributed by atoms with Gasteiger partial charge < -0.3 is 10.1 Å². The van der Waals surface area contributed by atoms with Gasteiger partial charge >= 0.3 is 5.97 Å². The minimum atomic E-state index is -0.487. The first-order valence-corrected chi connectivity index (χ1v) is 8.17. The number of methoxy groups -OCH3 is 1. The van der Waals surface area contributed by atoms with Gasteiger partial charge in [0.15, 0.2) is 0 Å². The number of carbonyl (C=O) groups excluding carboxylic acids is 2. The molecule has 0 fully saturated rings. The molecule has 0 radical (unpaired) electrons. The van der Waals surface area contributed by atoms with E-state index in [1.54, 1.807) is 43.3 Å². The van der Waals surface area contributed by atoms with Crippen LogP contribution in [0.2, 0.25) is 5.02 Å². The summed E-state index contributed by atoms with van der Waals surface area (Å²) in [6.07, 6.45) is 0. The molecule has 0 heterocycles. The molecule has 2 aromatic rings. The van der Waals surface area contributed by atoms with E-state index in [2.05, 4.69) is 5.32 Å². The lowest BCUT2D eigenvalue weighted by molar-refractivity contribution is -0.115. The van der Waals surface area contributed by atoms with Crippen LogP contribution in [0.15, 0.2) is 53.4 Å². The molecule has 0 aliphatic carbocycles. The van der Waals surface area contributed by atoms with Crippen molar-refractivity contribution in [1.29, 1.82) is 0 Å². The smallest absolute Gasteiger partial charge is 0.339 e. The van der Waals surface area contributed by atoms with Gasteiger partial charge in [-0.1, -0.05) is 23.7 Å². The van der Waals surface area contributed by atoms with Crippen molar-refractivity contribution in [1.82, 2.24) is 0 Å². The summed E-state index contributed by atoms with van der Waals surface area (Å²) in [6, 6.07) is 14.0. The number of rotatable bonds is 5. The minimum absolute atomic E-state index is 0.193. The molecule has 1 N–H and O–H groups in total. The zero-order valence-corrected chi connectivity index (χ0v) is 14.3. The van der Waals surface area contributed by atoms with Gasteiger partial charge in [0.1, 0.15) is 0 Å². The Morgan fingerprint density at radius 2 is 1.78 bits per heavy atom. The fraction of sp³-hybridized carbons (Fsp3) is 0.176. The molecule has 2 rings (SSSR count). The number of hydrogen-bond donors (Lipinski definition) is 1. The molecule has 0 bridgehead atoms. The molecule has 0 spiro atoms. The van der Waals surface area contributed by atoms with Crippen LogP contribution in [0.1, 0.15) is 17.3 Å². The Balaban J connectivity index is 2.06. The third-order valence-corrected chi connectivity index (χ3v) is 4.45. The molecule has 0 aliphatic heterocycles. The van der Waals surface area contributed by atoms with E-state index in [1.807, 2.05) is 12.1 Å². The van der Waals surface area contributed by atoms with E-state index in [4.69, 9.17) is 16.3 Å². The first kappa shape index (κ1) is 17.4. The maximum Gasteiger partial charge on any atom is 0.339 e. The van der Waals surface area contributed by atoms with Gasteiger partial charge in [-0.05, 0) is 43.3 Å². The number of carbonyl (C=O) groups is 2. The lowest BCUT2D eigenvalue weighted by Gasteiger charge is -2.14. The van der Waals surface area contributed by atoms with Crippen molar-refractivity contribution < 1.29 is 14.3 Å². The second-order valence-corrected chi connectivity index (χ2v) is 6.59. The average molecular weight is 350 g/mol. The second kappa shape index (κ2) is 8.04. The number of halogens is 1. The molecule has 4 nitrogen and oxygen atoms in total. The van der Waals surface area contributed by atoms with Gasteiger partial charge in [0.25, 0.3) is 0 Å². The van der Waals surface area contributed by atoms with Gasteiger partial charge in [-0.25, -0.2) is 4.79 Å².